The van der Waals surface area contributed by atoms with Gasteiger partial charge >= 0.3 is 24.1 Å². The number of aliphatic hydroxyl groups is 1. The van der Waals surface area contributed by atoms with Gasteiger partial charge in [0.1, 0.15) is 19.8 Å². The molecule has 1 saturated carbocycles. The fraction of sp³-hybridized carbons (Fsp3) is 0.581. The van der Waals surface area contributed by atoms with Crippen LogP contribution in [0.2, 0.25) is 0 Å². The number of unbranched alkanes of at least 4 members (excludes halogenated alkanes) is 3. The van der Waals surface area contributed by atoms with E-state index in [0.29, 0.717) is 56.8 Å². The van der Waals surface area contributed by atoms with Gasteiger partial charge in [0.15, 0.2) is 0 Å². The van der Waals surface area contributed by atoms with Crippen molar-refractivity contribution >= 4 is 24.1 Å². The lowest BCUT2D eigenvalue weighted by Crippen LogP contribution is -2.37. The van der Waals surface area contributed by atoms with E-state index in [1.807, 2.05) is 24.3 Å². The molecule has 0 bridgehead atoms. The number of aliphatic hydroxyl groups excluding tert-OH is 1. The highest BCUT2D eigenvalue weighted by molar-refractivity contribution is 5.70. The molecule has 0 aliphatic heterocycles. The second kappa shape index (κ2) is 26.3. The van der Waals surface area contributed by atoms with Gasteiger partial charge in [-0.25, -0.2) is 4.79 Å². The summed E-state index contributed by atoms with van der Waals surface area (Å²) in [6.45, 7) is 2.35. The summed E-state index contributed by atoms with van der Waals surface area (Å²) in [4.78, 5) is 49.0. The van der Waals surface area contributed by atoms with Crippen LogP contribution in [0.15, 0.2) is 54.6 Å². The minimum atomic E-state index is -1.19. The Morgan fingerprint density at radius 2 is 1.49 bits per heavy atom. The van der Waals surface area contributed by atoms with E-state index in [-0.39, 0.29) is 39.1 Å². The zero-order valence-electron chi connectivity index (χ0n) is 31.5. The van der Waals surface area contributed by atoms with Gasteiger partial charge in [-0.15, -0.1) is 24.7 Å². The van der Waals surface area contributed by atoms with Crippen molar-refractivity contribution in [3.8, 4) is 24.7 Å². The maximum absolute atomic E-state index is 12.4. The molecule has 0 aromatic heterocycles. The smallest absolute Gasteiger partial charge is 0.465 e. The molecule has 1 aromatic rings. The Kier molecular flexibility index (Phi) is 22.1. The van der Waals surface area contributed by atoms with Crippen molar-refractivity contribution < 1.29 is 48.0 Å². The van der Waals surface area contributed by atoms with Crippen LogP contribution in [-0.4, -0.2) is 61.4 Å². The molecular weight excluding hydrogens is 676 g/mol. The number of hydrogen-bond acceptors (Lipinski definition) is 10. The summed E-state index contributed by atoms with van der Waals surface area (Å²) in [5, 5.41) is 10.4. The molecule has 0 saturated heterocycles. The highest BCUT2D eigenvalue weighted by Gasteiger charge is 2.31. The van der Waals surface area contributed by atoms with Gasteiger partial charge in [-0.1, -0.05) is 61.1 Å². The largest absolute Gasteiger partial charge is 0.511 e. The van der Waals surface area contributed by atoms with E-state index in [9.17, 15) is 24.3 Å². The van der Waals surface area contributed by atoms with Gasteiger partial charge in [-0.3, -0.25) is 14.4 Å². The SMILES string of the molecule is C#CCCCC(=O)OCC(C)(COC(=O)CCCC#C)COC(=O)OC(C)OC(=O)CCC/C=C\C[C@H]1CCC[C@@H]1/C=C/[C@@H](O)CCc1ccccc1. The molecule has 10 heteroatoms. The highest BCUT2D eigenvalue weighted by Crippen LogP contribution is 2.35. The van der Waals surface area contributed by atoms with Gasteiger partial charge in [-0.05, 0) is 82.1 Å². The summed E-state index contributed by atoms with van der Waals surface area (Å²) in [7, 11) is 0. The van der Waals surface area contributed by atoms with Crippen LogP contribution in [0.5, 0.6) is 0 Å². The standard InChI is InChI=1S/C43H58O10/c1-5-7-12-24-39(45)49-31-43(4,32-50-40(46)25-13-8-6-2)33-51-42(48)53-34(3)52-41(47)26-17-10-9-16-21-36-22-18-23-37(36)28-30-38(44)29-27-35-19-14-11-15-20-35/h1-2,9,11,14-16,19-20,28,30,34,36-38,44H,7-8,10,12-13,17-18,21-27,29,31-33H2,3-4H3/b16-9-,30-28+/t34?,36-,37+,38-/m0/s1. The predicted octanol–water partition coefficient (Wildman–Crippen LogP) is 7.81. The van der Waals surface area contributed by atoms with Crippen LogP contribution in [0.3, 0.4) is 0 Å². The topological polar surface area (TPSA) is 135 Å². The zero-order chi connectivity index (χ0) is 38.7. The number of ether oxygens (including phenoxy) is 5. The van der Waals surface area contributed by atoms with Crippen molar-refractivity contribution in [3.05, 3.63) is 60.2 Å². The molecule has 0 spiro atoms. The van der Waals surface area contributed by atoms with Crippen LogP contribution >= 0.6 is 0 Å². The molecule has 4 atom stereocenters. The van der Waals surface area contributed by atoms with E-state index < -0.39 is 41.9 Å². The number of allylic oxidation sites excluding steroid dienone is 3. The Hall–Kier alpha value is -4.54. The zero-order valence-corrected chi connectivity index (χ0v) is 31.5. The molecule has 1 fully saturated rings. The number of esters is 3. The summed E-state index contributed by atoms with van der Waals surface area (Å²) in [5.74, 6) is 4.44. The molecule has 1 aliphatic carbocycles. The van der Waals surface area contributed by atoms with Gasteiger partial charge in [0.2, 0.25) is 6.29 Å². The molecule has 0 radical (unpaired) electrons. The third-order valence-electron chi connectivity index (χ3n) is 8.89. The van der Waals surface area contributed by atoms with Gasteiger partial charge in [0.05, 0.1) is 11.5 Å². The van der Waals surface area contributed by atoms with Gasteiger partial charge in [0, 0.05) is 39.0 Å². The molecular formula is C43H58O10. The average Bonchev–Trinajstić information content (AvgIpc) is 3.60. The van der Waals surface area contributed by atoms with Crippen molar-refractivity contribution in [1.82, 2.24) is 0 Å². The van der Waals surface area contributed by atoms with Gasteiger partial charge in [-0.2, -0.15) is 0 Å². The van der Waals surface area contributed by atoms with E-state index in [0.717, 1.165) is 25.7 Å². The summed E-state index contributed by atoms with van der Waals surface area (Å²) >= 11 is 0. The summed E-state index contributed by atoms with van der Waals surface area (Å²) in [6, 6.07) is 10.2. The van der Waals surface area contributed by atoms with Crippen molar-refractivity contribution in [3.63, 3.8) is 0 Å². The molecule has 0 heterocycles. The van der Waals surface area contributed by atoms with Crippen LogP contribution < -0.4 is 0 Å². The molecule has 2 rings (SSSR count). The Bertz CT molecular complexity index is 1350. The first-order chi connectivity index (χ1) is 25.5. The Morgan fingerprint density at radius 3 is 2.13 bits per heavy atom. The maximum Gasteiger partial charge on any atom is 0.511 e. The third-order valence-corrected chi connectivity index (χ3v) is 8.89. The lowest BCUT2D eigenvalue weighted by Gasteiger charge is -2.28. The van der Waals surface area contributed by atoms with E-state index >= 15 is 0 Å². The van der Waals surface area contributed by atoms with Crippen LogP contribution in [0.4, 0.5) is 4.79 Å². The number of aryl methyl sites for hydroxylation is 1. The number of benzene rings is 1. The second-order valence-corrected chi connectivity index (χ2v) is 13.9. The lowest BCUT2D eigenvalue weighted by molar-refractivity contribution is -0.169. The monoisotopic (exact) mass is 734 g/mol. The first kappa shape index (κ1) is 44.6. The quantitative estimate of drug-likeness (QED) is 0.0265. The van der Waals surface area contributed by atoms with Crippen LogP contribution in [0, 0.1) is 41.9 Å². The maximum atomic E-state index is 12.4. The molecule has 53 heavy (non-hydrogen) atoms. The van der Waals surface area contributed by atoms with E-state index in [4.69, 9.17) is 36.5 Å². The first-order valence-corrected chi connectivity index (χ1v) is 18.8. The molecule has 1 aromatic carbocycles. The highest BCUT2D eigenvalue weighted by atomic mass is 16.8. The van der Waals surface area contributed by atoms with Crippen molar-refractivity contribution in [1.29, 1.82) is 0 Å². The number of hydrogen-bond donors (Lipinski definition) is 1. The third kappa shape index (κ3) is 20.9. The van der Waals surface area contributed by atoms with Gasteiger partial charge < -0.3 is 28.8 Å². The van der Waals surface area contributed by atoms with E-state index in [2.05, 4.69) is 42.2 Å². The lowest BCUT2D eigenvalue weighted by atomic mass is 9.91. The first-order valence-electron chi connectivity index (χ1n) is 18.8. The van der Waals surface area contributed by atoms with E-state index in [1.165, 1.54) is 18.9 Å². The van der Waals surface area contributed by atoms with Crippen LogP contribution in [-0.2, 0) is 44.5 Å². The molecule has 1 unspecified atom stereocenters. The average molecular weight is 735 g/mol. The predicted molar refractivity (Wildman–Crippen MR) is 202 cm³/mol. The molecule has 10 nitrogen and oxygen atoms in total. The summed E-state index contributed by atoms with van der Waals surface area (Å²) in [5.41, 5.74) is 0.157. The van der Waals surface area contributed by atoms with Crippen LogP contribution in [0.1, 0.15) is 109 Å². The minimum absolute atomic E-state index is 0.121. The molecule has 1 N–H and O–H groups in total. The minimum Gasteiger partial charge on any atom is -0.465 e. The van der Waals surface area contributed by atoms with Crippen molar-refractivity contribution in [2.45, 2.75) is 123 Å². The Morgan fingerprint density at radius 1 is 0.868 bits per heavy atom. The Labute approximate surface area is 316 Å². The fourth-order valence-corrected chi connectivity index (χ4v) is 5.81. The summed E-state index contributed by atoms with van der Waals surface area (Å²) in [6.07, 6.45) is 25.6. The van der Waals surface area contributed by atoms with E-state index in [1.54, 1.807) is 6.92 Å². The number of carbonyl (C=O) groups is 4. The fourth-order valence-electron chi connectivity index (χ4n) is 5.81. The van der Waals surface area contributed by atoms with Crippen LogP contribution in [0.25, 0.3) is 0 Å². The number of terminal acetylenes is 2. The number of rotatable bonds is 25. The second-order valence-electron chi connectivity index (χ2n) is 13.9. The summed E-state index contributed by atoms with van der Waals surface area (Å²) < 4.78 is 26.2. The number of carbonyl (C=O) groups excluding carboxylic acids is 4. The Balaban J connectivity index is 1.69. The molecule has 290 valence electrons. The normalized spacial score (nSPS) is 16.7. The van der Waals surface area contributed by atoms with Crippen molar-refractivity contribution in [2.75, 3.05) is 19.8 Å². The molecule has 1 aliphatic rings. The van der Waals surface area contributed by atoms with Crippen molar-refractivity contribution in [2.24, 2.45) is 17.3 Å². The van der Waals surface area contributed by atoms with Gasteiger partial charge in [0.25, 0.3) is 0 Å². The molecule has 0 amide bonds.